The third-order valence-electron chi connectivity index (χ3n) is 5.41. The van der Waals surface area contributed by atoms with Gasteiger partial charge < -0.3 is 9.64 Å². The van der Waals surface area contributed by atoms with Crippen LogP contribution in [0.5, 0.6) is 0 Å². The molecule has 4 nitrogen and oxygen atoms in total. The van der Waals surface area contributed by atoms with Gasteiger partial charge >= 0.3 is 6.09 Å². The minimum Gasteiger partial charge on any atom is -0.444 e. The van der Waals surface area contributed by atoms with Crippen LogP contribution in [-0.4, -0.2) is 23.1 Å². The molecule has 2 atom stereocenters. The van der Waals surface area contributed by atoms with Gasteiger partial charge in [0, 0.05) is 6.54 Å². The Balaban J connectivity index is 2.03. The van der Waals surface area contributed by atoms with Gasteiger partial charge in [0.05, 0.1) is 17.7 Å². The lowest BCUT2D eigenvalue weighted by Gasteiger charge is -2.46. The third-order valence-corrected chi connectivity index (χ3v) is 5.41. The fraction of sp³-hybridized carbons (Fsp3) is 0.600. The summed E-state index contributed by atoms with van der Waals surface area (Å²) in [5.41, 5.74) is 2.65. The predicted molar refractivity (Wildman–Crippen MR) is 92.5 cm³/mol. The predicted octanol–water partition coefficient (Wildman–Crippen LogP) is 4.58. The Morgan fingerprint density at radius 3 is 2.83 bits per heavy atom. The summed E-state index contributed by atoms with van der Waals surface area (Å²) < 4.78 is 5.67. The zero-order chi connectivity index (χ0) is 17.5. The maximum Gasteiger partial charge on any atom is 0.410 e. The van der Waals surface area contributed by atoms with Gasteiger partial charge in [0.15, 0.2) is 0 Å². The number of nitriles is 1. The Morgan fingerprint density at radius 2 is 2.21 bits per heavy atom. The molecule has 1 heterocycles. The third kappa shape index (κ3) is 2.77. The quantitative estimate of drug-likeness (QED) is 0.759. The van der Waals surface area contributed by atoms with Crippen molar-refractivity contribution in [1.29, 1.82) is 5.26 Å². The molecule has 0 bridgehead atoms. The molecule has 24 heavy (non-hydrogen) atoms. The molecule has 128 valence electrons. The number of rotatable bonds is 1. The molecular weight excluding hydrogens is 300 g/mol. The molecule has 1 aliphatic heterocycles. The lowest BCUT2D eigenvalue weighted by Crippen LogP contribution is -2.48. The van der Waals surface area contributed by atoms with E-state index in [1.165, 1.54) is 5.56 Å². The molecule has 0 unspecified atom stereocenters. The summed E-state index contributed by atoms with van der Waals surface area (Å²) in [6.07, 6.45) is 3.88. The maximum absolute atomic E-state index is 12.8. The summed E-state index contributed by atoms with van der Waals surface area (Å²) >= 11 is 0. The number of hydrogen-bond acceptors (Lipinski definition) is 3. The molecule has 2 aliphatic rings. The van der Waals surface area contributed by atoms with E-state index in [1.54, 1.807) is 0 Å². The highest BCUT2D eigenvalue weighted by atomic mass is 16.6. The standard InChI is InChI=1S/C20H26N2O2/c1-5-20-9-6-10-22(18(23)24-19(2,3)4)17(20)16-11-14(13-21)7-8-15(16)12-20/h7-8,11,17H,5-6,9-10,12H2,1-4H3/t17-,20+/m0/s1. The Bertz CT molecular complexity index is 699. The van der Waals surface area contributed by atoms with Crippen LogP contribution in [0, 0.1) is 16.7 Å². The van der Waals surface area contributed by atoms with Gasteiger partial charge in [0.1, 0.15) is 5.60 Å². The van der Waals surface area contributed by atoms with Gasteiger partial charge in [-0.3, -0.25) is 0 Å². The molecule has 1 aromatic carbocycles. The molecule has 0 radical (unpaired) electrons. The Hall–Kier alpha value is -2.02. The number of amides is 1. The zero-order valence-electron chi connectivity index (χ0n) is 15.1. The summed E-state index contributed by atoms with van der Waals surface area (Å²) in [6.45, 7) is 8.63. The highest BCUT2D eigenvalue weighted by Crippen LogP contribution is 2.56. The second kappa shape index (κ2) is 5.81. The van der Waals surface area contributed by atoms with E-state index in [0.717, 1.165) is 37.8 Å². The molecule has 3 rings (SSSR count). The smallest absolute Gasteiger partial charge is 0.410 e. The zero-order valence-corrected chi connectivity index (χ0v) is 15.1. The maximum atomic E-state index is 12.8. The van der Waals surface area contributed by atoms with Crippen LogP contribution < -0.4 is 0 Å². The second-order valence-electron chi connectivity index (χ2n) is 8.10. The molecule has 4 heteroatoms. The molecule has 1 fully saturated rings. The summed E-state index contributed by atoms with van der Waals surface area (Å²) in [5, 5.41) is 9.26. The molecular formula is C20H26N2O2. The number of carbonyl (C=O) groups excluding carboxylic acids is 1. The van der Waals surface area contributed by atoms with Crippen LogP contribution in [0.3, 0.4) is 0 Å². The van der Waals surface area contributed by atoms with Gasteiger partial charge in [-0.2, -0.15) is 5.26 Å². The minimum absolute atomic E-state index is 0.0226. The van der Waals surface area contributed by atoms with Crippen LogP contribution in [0.25, 0.3) is 0 Å². The lowest BCUT2D eigenvalue weighted by atomic mass is 9.71. The first-order valence-electron chi connectivity index (χ1n) is 8.82. The molecule has 0 N–H and O–H groups in total. The Labute approximate surface area is 144 Å². The van der Waals surface area contributed by atoms with Crippen LogP contribution in [0.2, 0.25) is 0 Å². The SMILES string of the molecule is CC[C@]12CCCN(C(=O)OC(C)(C)C)[C@H]1c1cc(C#N)ccc1C2. The number of hydrogen-bond donors (Lipinski definition) is 0. The van der Waals surface area contributed by atoms with Crippen molar-refractivity contribution in [2.75, 3.05) is 6.54 Å². The Kier molecular flexibility index (Phi) is 4.07. The fourth-order valence-corrected chi connectivity index (χ4v) is 4.35. The summed E-state index contributed by atoms with van der Waals surface area (Å²) in [4.78, 5) is 14.7. The van der Waals surface area contributed by atoms with Gasteiger partial charge in [-0.15, -0.1) is 0 Å². The van der Waals surface area contributed by atoms with Gasteiger partial charge in [0.2, 0.25) is 0 Å². The van der Waals surface area contributed by atoms with Crippen molar-refractivity contribution in [3.8, 4) is 6.07 Å². The first kappa shape index (κ1) is 16.8. The van der Waals surface area contributed by atoms with Gasteiger partial charge in [-0.1, -0.05) is 13.0 Å². The first-order valence-corrected chi connectivity index (χ1v) is 8.82. The van der Waals surface area contributed by atoms with Crippen molar-refractivity contribution in [3.63, 3.8) is 0 Å². The highest BCUT2D eigenvalue weighted by molar-refractivity contribution is 5.70. The van der Waals surface area contributed by atoms with Gasteiger partial charge in [-0.25, -0.2) is 4.79 Å². The van der Waals surface area contributed by atoms with Crippen LogP contribution in [0.15, 0.2) is 18.2 Å². The van der Waals surface area contributed by atoms with Crippen LogP contribution >= 0.6 is 0 Å². The van der Waals surface area contributed by atoms with Crippen molar-refractivity contribution in [2.45, 2.75) is 65.0 Å². The normalized spacial score (nSPS) is 25.6. The van der Waals surface area contributed by atoms with Crippen molar-refractivity contribution in [2.24, 2.45) is 5.41 Å². The molecule has 0 aromatic heterocycles. The van der Waals surface area contributed by atoms with Crippen LogP contribution in [0.4, 0.5) is 4.79 Å². The van der Waals surface area contributed by atoms with E-state index in [-0.39, 0.29) is 17.6 Å². The number of fused-ring (bicyclic) bond motifs is 3. The van der Waals surface area contributed by atoms with E-state index in [9.17, 15) is 10.1 Å². The molecule has 0 spiro atoms. The summed E-state index contributed by atoms with van der Waals surface area (Å²) in [7, 11) is 0. The molecule has 1 aliphatic carbocycles. The van der Waals surface area contributed by atoms with Crippen molar-refractivity contribution < 1.29 is 9.53 Å². The monoisotopic (exact) mass is 326 g/mol. The molecule has 1 saturated heterocycles. The molecule has 1 amide bonds. The summed E-state index contributed by atoms with van der Waals surface area (Å²) in [5.74, 6) is 0. The number of ether oxygens (including phenoxy) is 1. The van der Waals surface area contributed by atoms with Gasteiger partial charge in [0.25, 0.3) is 0 Å². The van der Waals surface area contributed by atoms with Crippen LogP contribution in [0.1, 0.15) is 69.7 Å². The first-order chi connectivity index (χ1) is 11.3. The van der Waals surface area contributed by atoms with Crippen molar-refractivity contribution in [1.82, 2.24) is 4.90 Å². The van der Waals surface area contributed by atoms with Crippen molar-refractivity contribution in [3.05, 3.63) is 34.9 Å². The van der Waals surface area contributed by atoms with E-state index in [4.69, 9.17) is 4.74 Å². The number of piperidine rings is 1. The number of benzene rings is 1. The van der Waals surface area contributed by atoms with E-state index in [0.29, 0.717) is 5.56 Å². The average molecular weight is 326 g/mol. The molecule has 1 aromatic rings. The van der Waals surface area contributed by atoms with Crippen LogP contribution in [-0.2, 0) is 11.2 Å². The summed E-state index contributed by atoms with van der Waals surface area (Å²) in [6, 6.07) is 8.18. The number of carbonyl (C=O) groups is 1. The van der Waals surface area contributed by atoms with Crippen molar-refractivity contribution >= 4 is 6.09 Å². The average Bonchev–Trinajstić information content (AvgIpc) is 2.87. The largest absolute Gasteiger partial charge is 0.444 e. The van der Waals surface area contributed by atoms with E-state index in [1.807, 2.05) is 37.8 Å². The van der Waals surface area contributed by atoms with E-state index >= 15 is 0 Å². The Morgan fingerprint density at radius 1 is 1.46 bits per heavy atom. The van der Waals surface area contributed by atoms with E-state index < -0.39 is 5.60 Å². The number of likely N-dealkylation sites (tertiary alicyclic amines) is 1. The van der Waals surface area contributed by atoms with E-state index in [2.05, 4.69) is 19.1 Å². The topological polar surface area (TPSA) is 53.3 Å². The molecule has 0 saturated carbocycles. The van der Waals surface area contributed by atoms with Gasteiger partial charge in [-0.05, 0) is 75.1 Å². The highest BCUT2D eigenvalue weighted by Gasteiger charge is 2.51. The lowest BCUT2D eigenvalue weighted by molar-refractivity contribution is -0.0213. The fourth-order valence-electron chi connectivity index (χ4n) is 4.35. The second-order valence-corrected chi connectivity index (χ2v) is 8.10. The number of nitrogens with zero attached hydrogens (tertiary/aromatic N) is 2. The minimum atomic E-state index is -0.501.